The Kier molecular flexibility index (Phi) is 3.12. The van der Waals surface area contributed by atoms with Crippen LogP contribution in [0.25, 0.3) is 11.4 Å². The molecule has 0 unspecified atom stereocenters. The van der Waals surface area contributed by atoms with Gasteiger partial charge in [0.1, 0.15) is 5.82 Å². The maximum absolute atomic E-state index is 12.4. The van der Waals surface area contributed by atoms with Crippen molar-refractivity contribution in [1.29, 1.82) is 0 Å². The van der Waals surface area contributed by atoms with E-state index in [9.17, 15) is 4.79 Å². The van der Waals surface area contributed by atoms with E-state index in [4.69, 9.17) is 9.47 Å². The summed E-state index contributed by atoms with van der Waals surface area (Å²) < 4.78 is 11.2. The Labute approximate surface area is 132 Å². The van der Waals surface area contributed by atoms with Gasteiger partial charge in [0.15, 0.2) is 11.5 Å². The number of aromatic nitrogens is 2. The van der Waals surface area contributed by atoms with Crippen LogP contribution in [0.4, 0.5) is 0 Å². The molecule has 5 nitrogen and oxygen atoms in total. The Hall–Kier alpha value is -3.08. The summed E-state index contributed by atoms with van der Waals surface area (Å²) in [5.74, 6) is 2.09. The van der Waals surface area contributed by atoms with Crippen LogP contribution in [0.5, 0.6) is 17.4 Å². The normalized spacial score (nSPS) is 12.0. The molecule has 0 fully saturated rings. The van der Waals surface area contributed by atoms with Crippen LogP contribution in [-0.4, -0.2) is 17.1 Å². The molecule has 3 aromatic rings. The quantitative estimate of drug-likeness (QED) is 0.618. The van der Waals surface area contributed by atoms with Gasteiger partial charge in [-0.25, -0.2) is 0 Å². The van der Waals surface area contributed by atoms with Gasteiger partial charge in [-0.05, 0) is 6.07 Å². The predicted octanol–water partition coefficient (Wildman–Crippen LogP) is 3.14. The van der Waals surface area contributed by atoms with Crippen molar-refractivity contribution in [2.75, 3.05) is 7.11 Å². The lowest BCUT2D eigenvalue weighted by molar-refractivity contribution is 0.365. The zero-order valence-electron chi connectivity index (χ0n) is 12.5. The second-order valence-corrected chi connectivity index (χ2v) is 5.29. The van der Waals surface area contributed by atoms with Crippen LogP contribution >= 0.6 is 0 Å². The van der Waals surface area contributed by atoms with E-state index in [0.29, 0.717) is 35.2 Å². The van der Waals surface area contributed by atoms with Gasteiger partial charge in [-0.3, -0.25) is 4.79 Å². The number of aromatic amines is 1. The van der Waals surface area contributed by atoms with E-state index in [0.717, 1.165) is 11.1 Å². The molecule has 0 radical (unpaired) electrons. The number of hydrogen-bond donors (Lipinski definition) is 1. The lowest BCUT2D eigenvalue weighted by Gasteiger charge is -2.20. The summed E-state index contributed by atoms with van der Waals surface area (Å²) in [4.78, 5) is 19.7. The fraction of sp³-hybridized carbons (Fsp3) is 0.111. The van der Waals surface area contributed by atoms with Gasteiger partial charge in [0, 0.05) is 17.5 Å². The first-order valence-electron chi connectivity index (χ1n) is 7.28. The van der Waals surface area contributed by atoms with Crippen molar-refractivity contribution in [3.05, 3.63) is 70.0 Å². The summed E-state index contributed by atoms with van der Waals surface area (Å²) in [5.41, 5.74) is 2.10. The highest BCUT2D eigenvalue weighted by molar-refractivity contribution is 5.58. The number of methoxy groups -OCH3 is 1. The molecule has 0 atom stereocenters. The van der Waals surface area contributed by atoms with E-state index in [2.05, 4.69) is 9.97 Å². The second kappa shape index (κ2) is 5.28. The smallest absolute Gasteiger partial charge is 0.258 e. The van der Waals surface area contributed by atoms with E-state index in [1.165, 1.54) is 0 Å². The first-order chi connectivity index (χ1) is 11.3. The Balaban J connectivity index is 1.84. The van der Waals surface area contributed by atoms with Gasteiger partial charge in [0.2, 0.25) is 5.88 Å². The monoisotopic (exact) mass is 306 g/mol. The molecular weight excluding hydrogens is 292 g/mol. The van der Waals surface area contributed by atoms with Crippen LogP contribution in [0.2, 0.25) is 0 Å². The number of ether oxygens (including phenoxy) is 2. The van der Waals surface area contributed by atoms with Crippen molar-refractivity contribution in [3.8, 4) is 28.8 Å². The van der Waals surface area contributed by atoms with Crippen LogP contribution in [-0.2, 0) is 6.42 Å². The number of rotatable bonds is 2. The van der Waals surface area contributed by atoms with Crippen LogP contribution in [0.1, 0.15) is 11.1 Å². The van der Waals surface area contributed by atoms with Gasteiger partial charge in [0.05, 0.1) is 12.7 Å². The van der Waals surface area contributed by atoms with Crippen molar-refractivity contribution in [1.82, 2.24) is 9.97 Å². The number of para-hydroxylation sites is 1. The lowest BCUT2D eigenvalue weighted by Crippen LogP contribution is -2.20. The minimum atomic E-state index is -0.178. The maximum atomic E-state index is 12.4. The third kappa shape index (κ3) is 2.26. The summed E-state index contributed by atoms with van der Waals surface area (Å²) in [5, 5.41) is 0. The van der Waals surface area contributed by atoms with E-state index in [1.807, 2.05) is 48.5 Å². The Morgan fingerprint density at radius 3 is 2.74 bits per heavy atom. The molecule has 1 N–H and O–H groups in total. The average molecular weight is 306 g/mol. The highest BCUT2D eigenvalue weighted by Crippen LogP contribution is 2.40. The standard InChI is InChI=1S/C18H14N2O3/c1-22-14-9-5-8-12-10-13-17(21)19-16(11-6-3-2-4-7-11)20-18(13)23-15(12)14/h2-9H,10H2,1H3,(H,19,20,21). The Morgan fingerprint density at radius 2 is 1.96 bits per heavy atom. The zero-order valence-corrected chi connectivity index (χ0v) is 12.5. The molecule has 0 aliphatic carbocycles. The van der Waals surface area contributed by atoms with Crippen LogP contribution in [0, 0.1) is 0 Å². The molecule has 5 heteroatoms. The van der Waals surface area contributed by atoms with E-state index < -0.39 is 0 Å². The molecule has 23 heavy (non-hydrogen) atoms. The number of hydrogen-bond acceptors (Lipinski definition) is 4. The Bertz CT molecular complexity index is 933. The largest absolute Gasteiger partial charge is 0.493 e. The molecule has 0 saturated heterocycles. The molecule has 114 valence electrons. The van der Waals surface area contributed by atoms with Crippen molar-refractivity contribution >= 4 is 0 Å². The predicted molar refractivity (Wildman–Crippen MR) is 86.2 cm³/mol. The molecule has 1 aromatic heterocycles. The zero-order chi connectivity index (χ0) is 15.8. The van der Waals surface area contributed by atoms with Crippen molar-refractivity contribution < 1.29 is 9.47 Å². The van der Waals surface area contributed by atoms with Gasteiger partial charge < -0.3 is 14.5 Å². The Morgan fingerprint density at radius 1 is 1.13 bits per heavy atom. The molecule has 0 spiro atoms. The average Bonchev–Trinajstić information content (AvgIpc) is 2.60. The van der Waals surface area contributed by atoms with Gasteiger partial charge in [-0.1, -0.05) is 42.5 Å². The van der Waals surface area contributed by atoms with Crippen LogP contribution in [0.15, 0.2) is 53.3 Å². The van der Waals surface area contributed by atoms with Crippen LogP contribution in [0.3, 0.4) is 0 Å². The van der Waals surface area contributed by atoms with E-state index in [1.54, 1.807) is 7.11 Å². The molecule has 1 aliphatic rings. The first kappa shape index (κ1) is 13.6. The fourth-order valence-corrected chi connectivity index (χ4v) is 2.71. The minimum absolute atomic E-state index is 0.178. The maximum Gasteiger partial charge on any atom is 0.258 e. The highest BCUT2D eigenvalue weighted by atomic mass is 16.5. The summed E-state index contributed by atoms with van der Waals surface area (Å²) in [6.07, 6.45) is 0.471. The second-order valence-electron chi connectivity index (χ2n) is 5.29. The first-order valence-corrected chi connectivity index (χ1v) is 7.28. The fourth-order valence-electron chi connectivity index (χ4n) is 2.71. The highest BCUT2D eigenvalue weighted by Gasteiger charge is 2.24. The summed E-state index contributed by atoms with van der Waals surface area (Å²) in [7, 11) is 1.59. The van der Waals surface area contributed by atoms with Gasteiger partial charge in [0.25, 0.3) is 5.56 Å². The molecular formula is C18H14N2O3. The number of benzene rings is 2. The summed E-state index contributed by atoms with van der Waals surface area (Å²) >= 11 is 0. The number of H-pyrrole nitrogens is 1. The van der Waals surface area contributed by atoms with Crippen molar-refractivity contribution in [2.45, 2.75) is 6.42 Å². The third-order valence-corrected chi connectivity index (χ3v) is 3.87. The SMILES string of the molecule is COc1cccc2c1Oc1nc(-c3ccccc3)[nH]c(=O)c1C2. The summed E-state index contributed by atoms with van der Waals surface area (Å²) in [6, 6.07) is 15.1. The van der Waals surface area contributed by atoms with Crippen molar-refractivity contribution in [2.24, 2.45) is 0 Å². The molecule has 4 rings (SSSR count). The molecule has 2 heterocycles. The van der Waals surface area contributed by atoms with Gasteiger partial charge >= 0.3 is 0 Å². The van der Waals surface area contributed by atoms with Gasteiger partial charge in [-0.2, -0.15) is 4.98 Å². The van der Waals surface area contributed by atoms with Crippen molar-refractivity contribution in [3.63, 3.8) is 0 Å². The topological polar surface area (TPSA) is 64.2 Å². The van der Waals surface area contributed by atoms with Crippen LogP contribution < -0.4 is 15.0 Å². The number of nitrogens with one attached hydrogen (secondary N) is 1. The molecule has 0 bridgehead atoms. The minimum Gasteiger partial charge on any atom is -0.493 e. The van der Waals surface area contributed by atoms with E-state index in [-0.39, 0.29) is 5.56 Å². The molecule has 2 aromatic carbocycles. The number of nitrogens with zero attached hydrogens (tertiary/aromatic N) is 1. The third-order valence-electron chi connectivity index (χ3n) is 3.87. The van der Waals surface area contributed by atoms with E-state index >= 15 is 0 Å². The molecule has 0 amide bonds. The summed E-state index contributed by atoms with van der Waals surface area (Å²) in [6.45, 7) is 0. The number of fused-ring (bicyclic) bond motifs is 2. The molecule has 1 aliphatic heterocycles. The molecule has 0 saturated carbocycles. The van der Waals surface area contributed by atoms with Gasteiger partial charge in [-0.15, -0.1) is 0 Å². The lowest BCUT2D eigenvalue weighted by atomic mass is 10.0.